The van der Waals surface area contributed by atoms with Crippen LogP contribution in [0.1, 0.15) is 29.8 Å². The van der Waals surface area contributed by atoms with Crippen molar-refractivity contribution in [3.8, 4) is 0 Å². The van der Waals surface area contributed by atoms with E-state index < -0.39 is 0 Å². The van der Waals surface area contributed by atoms with Gasteiger partial charge in [0.25, 0.3) is 5.91 Å². The van der Waals surface area contributed by atoms with Gasteiger partial charge in [-0.3, -0.25) is 4.79 Å². The number of amides is 1. The number of hydrogen-bond acceptors (Lipinski definition) is 5. The second-order valence-electron chi connectivity index (χ2n) is 7.08. The molecule has 0 aromatic carbocycles. The zero-order chi connectivity index (χ0) is 15.0. The minimum absolute atomic E-state index is 0.112. The lowest BCUT2D eigenvalue weighted by atomic mass is 9.78. The Balaban J connectivity index is 1.28. The second kappa shape index (κ2) is 5.91. The first kappa shape index (κ1) is 14.6. The molecule has 1 amide bonds. The van der Waals surface area contributed by atoms with Crippen molar-refractivity contribution < 1.29 is 9.53 Å². The van der Waals surface area contributed by atoms with Crippen LogP contribution in [-0.2, 0) is 4.74 Å². The summed E-state index contributed by atoms with van der Waals surface area (Å²) in [7, 11) is 0. The van der Waals surface area contributed by atoms with E-state index in [-0.39, 0.29) is 5.91 Å². The quantitative estimate of drug-likeness (QED) is 0.850. The van der Waals surface area contributed by atoms with E-state index in [4.69, 9.17) is 4.74 Å². The molecule has 0 radical (unpaired) electrons. The fraction of sp³-hybridized carbons (Fsp3) is 0.750. The van der Waals surface area contributed by atoms with Gasteiger partial charge in [-0.2, -0.15) is 0 Å². The van der Waals surface area contributed by atoms with E-state index in [0.717, 1.165) is 51.7 Å². The fourth-order valence-corrected chi connectivity index (χ4v) is 4.70. The van der Waals surface area contributed by atoms with Crippen molar-refractivity contribution in [2.75, 3.05) is 45.9 Å². The highest BCUT2D eigenvalue weighted by atomic mass is 32.1. The summed E-state index contributed by atoms with van der Waals surface area (Å²) in [6, 6.07) is 0. The lowest BCUT2D eigenvalue weighted by molar-refractivity contribution is -0.0201. The molecule has 4 heterocycles. The summed E-state index contributed by atoms with van der Waals surface area (Å²) in [5.41, 5.74) is 2.70. The second-order valence-corrected chi connectivity index (χ2v) is 7.79. The van der Waals surface area contributed by atoms with Gasteiger partial charge in [0.2, 0.25) is 0 Å². The van der Waals surface area contributed by atoms with E-state index in [1.54, 1.807) is 5.51 Å². The van der Waals surface area contributed by atoms with E-state index in [1.165, 1.54) is 30.7 Å². The lowest BCUT2D eigenvalue weighted by Crippen LogP contribution is -2.58. The van der Waals surface area contributed by atoms with Gasteiger partial charge in [-0.1, -0.05) is 0 Å². The molecule has 6 heteroatoms. The standard InChI is InChI=1S/C16H23N3O2S/c20-15(14-8-22-12-17-14)19-4-3-16(11-19)9-18(10-16)7-13-1-5-21-6-2-13/h8,12-13H,1-7,9-11H2. The average Bonchev–Trinajstić information content (AvgIpc) is 3.17. The number of carbonyl (C=O) groups is 1. The van der Waals surface area contributed by atoms with Crippen LogP contribution in [-0.4, -0.2) is 66.6 Å². The van der Waals surface area contributed by atoms with E-state index in [1.807, 2.05) is 10.3 Å². The number of hydrogen-bond donors (Lipinski definition) is 0. The Hall–Kier alpha value is -0.980. The van der Waals surface area contributed by atoms with Gasteiger partial charge < -0.3 is 14.5 Å². The first-order valence-electron chi connectivity index (χ1n) is 8.22. The number of nitrogens with zero attached hydrogens (tertiary/aromatic N) is 3. The molecule has 120 valence electrons. The van der Waals surface area contributed by atoms with Crippen LogP contribution in [0.15, 0.2) is 10.9 Å². The van der Waals surface area contributed by atoms with Gasteiger partial charge in [-0.05, 0) is 25.2 Å². The summed E-state index contributed by atoms with van der Waals surface area (Å²) in [4.78, 5) is 21.1. The Morgan fingerprint density at radius 2 is 2.18 bits per heavy atom. The molecule has 3 aliphatic rings. The Morgan fingerprint density at radius 1 is 1.36 bits per heavy atom. The molecular formula is C16H23N3O2S. The predicted molar refractivity (Wildman–Crippen MR) is 85.1 cm³/mol. The molecule has 3 aliphatic heterocycles. The van der Waals surface area contributed by atoms with Gasteiger partial charge in [-0.15, -0.1) is 11.3 Å². The summed E-state index contributed by atoms with van der Waals surface area (Å²) in [6.07, 6.45) is 3.56. The number of carbonyl (C=O) groups excluding carboxylic acids is 1. The van der Waals surface area contributed by atoms with E-state index in [0.29, 0.717) is 11.1 Å². The molecule has 0 unspecified atom stereocenters. The topological polar surface area (TPSA) is 45.7 Å². The third-order valence-electron chi connectivity index (χ3n) is 5.35. The lowest BCUT2D eigenvalue weighted by Gasteiger charge is -2.49. The highest BCUT2D eigenvalue weighted by molar-refractivity contribution is 7.07. The molecule has 0 atom stereocenters. The first-order valence-corrected chi connectivity index (χ1v) is 9.16. The molecule has 4 rings (SSSR count). The van der Waals surface area contributed by atoms with Gasteiger partial charge >= 0.3 is 0 Å². The predicted octanol–water partition coefficient (Wildman–Crippen LogP) is 1.72. The third kappa shape index (κ3) is 2.79. The van der Waals surface area contributed by atoms with Gasteiger partial charge in [-0.25, -0.2) is 4.98 Å². The van der Waals surface area contributed by atoms with E-state index in [9.17, 15) is 4.79 Å². The van der Waals surface area contributed by atoms with Crippen LogP contribution in [0, 0.1) is 11.3 Å². The first-order chi connectivity index (χ1) is 10.7. The molecule has 0 aliphatic carbocycles. The van der Waals surface area contributed by atoms with Gasteiger partial charge in [0.1, 0.15) is 5.69 Å². The zero-order valence-electron chi connectivity index (χ0n) is 12.9. The number of thiazole rings is 1. The molecule has 1 spiro atoms. The Bertz CT molecular complexity index is 522. The Morgan fingerprint density at radius 3 is 2.91 bits per heavy atom. The normalized spacial score (nSPS) is 25.5. The van der Waals surface area contributed by atoms with Crippen molar-refractivity contribution in [1.82, 2.24) is 14.8 Å². The van der Waals surface area contributed by atoms with Crippen LogP contribution in [0.2, 0.25) is 0 Å². The van der Waals surface area contributed by atoms with Crippen LogP contribution in [0.4, 0.5) is 0 Å². The summed E-state index contributed by atoms with van der Waals surface area (Å²) in [5, 5.41) is 1.85. The third-order valence-corrected chi connectivity index (χ3v) is 5.94. The molecule has 0 saturated carbocycles. The van der Waals surface area contributed by atoms with Crippen molar-refractivity contribution in [1.29, 1.82) is 0 Å². The minimum Gasteiger partial charge on any atom is -0.381 e. The minimum atomic E-state index is 0.112. The largest absolute Gasteiger partial charge is 0.381 e. The van der Waals surface area contributed by atoms with Crippen molar-refractivity contribution in [2.45, 2.75) is 19.3 Å². The molecular weight excluding hydrogens is 298 g/mol. The highest BCUT2D eigenvalue weighted by Gasteiger charge is 2.48. The van der Waals surface area contributed by atoms with Crippen LogP contribution in [0.5, 0.6) is 0 Å². The number of ether oxygens (including phenoxy) is 1. The summed E-state index contributed by atoms with van der Waals surface area (Å²) >= 11 is 1.49. The zero-order valence-corrected chi connectivity index (χ0v) is 13.7. The maximum absolute atomic E-state index is 12.4. The van der Waals surface area contributed by atoms with Gasteiger partial charge in [0.15, 0.2) is 0 Å². The average molecular weight is 321 g/mol. The van der Waals surface area contributed by atoms with Crippen molar-refractivity contribution in [3.05, 3.63) is 16.6 Å². The number of likely N-dealkylation sites (tertiary alicyclic amines) is 2. The van der Waals surface area contributed by atoms with Gasteiger partial charge in [0.05, 0.1) is 5.51 Å². The number of aromatic nitrogens is 1. The van der Waals surface area contributed by atoms with Crippen LogP contribution in [0.25, 0.3) is 0 Å². The molecule has 1 aromatic heterocycles. The van der Waals surface area contributed by atoms with Crippen molar-refractivity contribution in [3.63, 3.8) is 0 Å². The molecule has 3 fully saturated rings. The molecule has 0 N–H and O–H groups in total. The van der Waals surface area contributed by atoms with Crippen LogP contribution >= 0.6 is 11.3 Å². The van der Waals surface area contributed by atoms with Crippen molar-refractivity contribution in [2.24, 2.45) is 11.3 Å². The molecule has 22 heavy (non-hydrogen) atoms. The SMILES string of the molecule is O=C(c1cscn1)N1CCC2(CN(CC3CCOCC3)C2)C1. The van der Waals surface area contributed by atoms with E-state index in [2.05, 4.69) is 9.88 Å². The number of rotatable bonds is 3. The maximum Gasteiger partial charge on any atom is 0.273 e. The monoisotopic (exact) mass is 321 g/mol. The van der Waals surface area contributed by atoms with Crippen molar-refractivity contribution >= 4 is 17.2 Å². The van der Waals surface area contributed by atoms with Gasteiger partial charge in [0, 0.05) is 56.7 Å². The summed E-state index contributed by atoms with van der Waals surface area (Å²) in [5.74, 6) is 0.918. The summed E-state index contributed by atoms with van der Waals surface area (Å²) in [6.45, 7) is 7.19. The maximum atomic E-state index is 12.4. The molecule has 1 aromatic rings. The van der Waals surface area contributed by atoms with E-state index >= 15 is 0 Å². The molecule has 3 saturated heterocycles. The Kier molecular flexibility index (Phi) is 3.92. The highest BCUT2D eigenvalue weighted by Crippen LogP contribution is 2.40. The summed E-state index contributed by atoms with van der Waals surface area (Å²) < 4.78 is 5.43. The van der Waals surface area contributed by atoms with Crippen LogP contribution < -0.4 is 0 Å². The Labute approximate surface area is 135 Å². The molecule has 5 nitrogen and oxygen atoms in total. The van der Waals surface area contributed by atoms with Crippen LogP contribution in [0.3, 0.4) is 0 Å². The fourth-order valence-electron chi connectivity index (χ4n) is 4.17. The molecule has 0 bridgehead atoms. The smallest absolute Gasteiger partial charge is 0.273 e.